The van der Waals surface area contributed by atoms with E-state index in [1.807, 2.05) is 39.0 Å². The van der Waals surface area contributed by atoms with E-state index in [1.165, 1.54) is 0 Å². The summed E-state index contributed by atoms with van der Waals surface area (Å²) in [5.74, 6) is 0.375. The first-order chi connectivity index (χ1) is 14.6. The van der Waals surface area contributed by atoms with Gasteiger partial charge in [0.15, 0.2) is 0 Å². The number of nitrogens with zero attached hydrogens (tertiary/aromatic N) is 3. The number of amides is 2. The minimum atomic E-state index is -3.66. The van der Waals surface area contributed by atoms with E-state index in [1.54, 1.807) is 33.9 Å². The summed E-state index contributed by atoms with van der Waals surface area (Å²) in [6.07, 6.45) is 5.43. The van der Waals surface area contributed by atoms with E-state index < -0.39 is 9.84 Å². The van der Waals surface area contributed by atoms with Crippen molar-refractivity contribution in [1.29, 1.82) is 0 Å². The highest BCUT2D eigenvalue weighted by Gasteiger charge is 2.30. The highest BCUT2D eigenvalue weighted by molar-refractivity contribution is 7.90. The first-order valence-corrected chi connectivity index (χ1v) is 12.2. The topological polar surface area (TPSA) is 84.3 Å². The number of benzene rings is 1. The second kappa shape index (κ2) is 9.26. The van der Waals surface area contributed by atoms with Crippen LogP contribution in [0.25, 0.3) is 0 Å². The van der Waals surface area contributed by atoms with Gasteiger partial charge in [-0.15, -0.1) is 6.58 Å². The molecular weight excluding hydrogens is 412 g/mol. The van der Waals surface area contributed by atoms with E-state index in [0.717, 1.165) is 12.8 Å². The monoisotopic (exact) mass is 444 g/mol. The van der Waals surface area contributed by atoms with Gasteiger partial charge in [-0.3, -0.25) is 0 Å². The maximum absolute atomic E-state index is 13.1. The molecule has 1 aromatic carbocycles. The molecule has 8 heteroatoms. The third kappa shape index (κ3) is 6.43. The maximum Gasteiger partial charge on any atom is 0.318 e. The number of imidazole rings is 1. The fourth-order valence-electron chi connectivity index (χ4n) is 3.38. The SMILES string of the molecule is C=CCn1c(CN(CC2CC2)C(=O)NC(C)(C)C)cnc1S(=O)(=O)Cc1ccccc1. The molecule has 0 spiro atoms. The van der Waals surface area contributed by atoms with Crippen molar-refractivity contribution in [2.75, 3.05) is 6.54 Å². The lowest BCUT2D eigenvalue weighted by molar-refractivity contribution is 0.182. The van der Waals surface area contributed by atoms with Gasteiger partial charge in [0.2, 0.25) is 15.0 Å². The summed E-state index contributed by atoms with van der Waals surface area (Å²) >= 11 is 0. The highest BCUT2D eigenvalue weighted by Crippen LogP contribution is 2.30. The molecular formula is C23H32N4O3S. The number of urea groups is 1. The summed E-state index contributed by atoms with van der Waals surface area (Å²) in [6, 6.07) is 8.90. The second-order valence-electron chi connectivity index (χ2n) is 9.18. The molecule has 0 atom stereocenters. The van der Waals surface area contributed by atoms with E-state index in [0.29, 0.717) is 36.8 Å². The van der Waals surface area contributed by atoms with Gasteiger partial charge in [0.1, 0.15) is 0 Å². The summed E-state index contributed by atoms with van der Waals surface area (Å²) in [5.41, 5.74) is 1.03. The molecule has 0 radical (unpaired) electrons. The van der Waals surface area contributed by atoms with E-state index >= 15 is 0 Å². The molecule has 0 bridgehead atoms. The van der Waals surface area contributed by atoms with Crippen molar-refractivity contribution in [2.24, 2.45) is 5.92 Å². The lowest BCUT2D eigenvalue weighted by Crippen LogP contribution is -2.49. The zero-order valence-corrected chi connectivity index (χ0v) is 19.4. The number of nitrogens with one attached hydrogen (secondary N) is 1. The van der Waals surface area contributed by atoms with Crippen LogP contribution in [0.2, 0.25) is 0 Å². The zero-order chi connectivity index (χ0) is 22.6. The van der Waals surface area contributed by atoms with Crippen LogP contribution in [0.1, 0.15) is 44.9 Å². The molecule has 2 aromatic rings. The molecule has 1 aromatic heterocycles. The normalized spacial score (nSPS) is 14.3. The molecule has 0 unspecified atom stereocenters. The molecule has 3 rings (SSSR count). The molecule has 1 aliphatic rings. The van der Waals surface area contributed by atoms with Gasteiger partial charge in [-0.25, -0.2) is 18.2 Å². The van der Waals surface area contributed by atoms with Gasteiger partial charge in [-0.1, -0.05) is 36.4 Å². The maximum atomic E-state index is 13.1. The summed E-state index contributed by atoms with van der Waals surface area (Å²) in [4.78, 5) is 18.9. The summed E-state index contributed by atoms with van der Waals surface area (Å²) < 4.78 is 27.8. The third-order valence-corrected chi connectivity index (χ3v) is 6.58. The van der Waals surface area contributed by atoms with Gasteiger partial charge in [-0.2, -0.15) is 0 Å². The first-order valence-electron chi connectivity index (χ1n) is 10.6. The Morgan fingerprint density at radius 3 is 2.55 bits per heavy atom. The van der Waals surface area contributed by atoms with E-state index in [-0.39, 0.29) is 22.5 Å². The largest absolute Gasteiger partial charge is 0.333 e. The number of hydrogen-bond acceptors (Lipinski definition) is 4. The quantitative estimate of drug-likeness (QED) is 0.597. The van der Waals surface area contributed by atoms with Crippen LogP contribution in [-0.4, -0.2) is 41.0 Å². The number of carbonyl (C=O) groups is 1. The van der Waals surface area contributed by atoms with Gasteiger partial charge < -0.3 is 14.8 Å². The Kier molecular flexibility index (Phi) is 6.89. The van der Waals surface area contributed by atoms with Crippen LogP contribution < -0.4 is 5.32 Å². The van der Waals surface area contributed by atoms with Crippen molar-refractivity contribution in [1.82, 2.24) is 19.8 Å². The molecule has 1 fully saturated rings. The Bertz CT molecular complexity index is 1020. The molecule has 2 amide bonds. The van der Waals surface area contributed by atoms with Crippen LogP contribution in [0.15, 0.2) is 54.3 Å². The number of sulfone groups is 1. The van der Waals surface area contributed by atoms with Crippen molar-refractivity contribution in [2.45, 2.75) is 63.2 Å². The third-order valence-electron chi connectivity index (χ3n) is 4.99. The van der Waals surface area contributed by atoms with Crippen molar-refractivity contribution >= 4 is 15.9 Å². The Morgan fingerprint density at radius 2 is 1.97 bits per heavy atom. The molecule has 1 aliphatic carbocycles. The lowest BCUT2D eigenvalue weighted by Gasteiger charge is -2.29. The van der Waals surface area contributed by atoms with Gasteiger partial charge in [0.05, 0.1) is 24.2 Å². The lowest BCUT2D eigenvalue weighted by atomic mass is 10.1. The average Bonchev–Trinajstić information content (AvgIpc) is 3.40. The predicted molar refractivity (Wildman–Crippen MR) is 121 cm³/mol. The summed E-state index contributed by atoms with van der Waals surface area (Å²) in [7, 11) is -3.66. The fourth-order valence-corrected chi connectivity index (χ4v) is 4.88. The van der Waals surface area contributed by atoms with Crippen LogP contribution in [0, 0.1) is 5.92 Å². The molecule has 0 saturated heterocycles. The standard InChI is InChI=1S/C23H32N4O3S/c1-5-13-27-20(16-26(15-18-11-12-18)21(28)25-23(2,3)4)14-24-22(27)31(29,30)17-19-9-7-6-8-10-19/h5-10,14,18H,1,11-13,15-17H2,2-4H3,(H,25,28). The van der Waals surface area contributed by atoms with Gasteiger partial charge in [-0.05, 0) is 45.1 Å². The number of carbonyl (C=O) groups excluding carboxylic acids is 1. The number of aromatic nitrogens is 2. The summed E-state index contributed by atoms with van der Waals surface area (Å²) in [6.45, 7) is 10.8. The smallest absolute Gasteiger partial charge is 0.318 e. The minimum absolute atomic E-state index is 0.00820. The molecule has 31 heavy (non-hydrogen) atoms. The molecule has 1 saturated carbocycles. The van der Waals surface area contributed by atoms with Gasteiger partial charge in [0.25, 0.3) is 0 Å². The van der Waals surface area contributed by atoms with Gasteiger partial charge >= 0.3 is 6.03 Å². The van der Waals surface area contributed by atoms with Crippen molar-refractivity contribution in [3.63, 3.8) is 0 Å². The Labute approximate surface area is 185 Å². The van der Waals surface area contributed by atoms with Crippen LogP contribution in [0.5, 0.6) is 0 Å². The Balaban J connectivity index is 1.87. The fraction of sp³-hybridized carbons (Fsp3) is 0.478. The molecule has 1 N–H and O–H groups in total. The molecule has 0 aliphatic heterocycles. The van der Waals surface area contributed by atoms with Crippen LogP contribution in [0.3, 0.4) is 0 Å². The highest BCUT2D eigenvalue weighted by atomic mass is 32.2. The van der Waals surface area contributed by atoms with E-state index in [9.17, 15) is 13.2 Å². The second-order valence-corrected chi connectivity index (χ2v) is 11.1. The number of rotatable bonds is 9. The van der Waals surface area contributed by atoms with E-state index in [4.69, 9.17) is 0 Å². The van der Waals surface area contributed by atoms with Crippen molar-refractivity contribution in [3.05, 3.63) is 60.4 Å². The van der Waals surface area contributed by atoms with Crippen molar-refractivity contribution in [3.8, 4) is 0 Å². The number of allylic oxidation sites excluding steroid dienone is 1. The zero-order valence-electron chi connectivity index (χ0n) is 18.5. The first kappa shape index (κ1) is 23.1. The van der Waals surface area contributed by atoms with Crippen molar-refractivity contribution < 1.29 is 13.2 Å². The Hall–Kier alpha value is -2.61. The van der Waals surface area contributed by atoms with Gasteiger partial charge in [0, 0.05) is 18.6 Å². The molecule has 1 heterocycles. The number of hydrogen-bond donors (Lipinski definition) is 1. The molecule has 168 valence electrons. The predicted octanol–water partition coefficient (Wildman–Crippen LogP) is 3.76. The summed E-state index contributed by atoms with van der Waals surface area (Å²) in [5, 5.41) is 3.02. The van der Waals surface area contributed by atoms with E-state index in [2.05, 4.69) is 16.9 Å². The van der Waals surface area contributed by atoms with Crippen LogP contribution >= 0.6 is 0 Å². The van der Waals surface area contributed by atoms with Crippen LogP contribution in [-0.2, 0) is 28.7 Å². The van der Waals surface area contributed by atoms with Crippen LogP contribution in [0.4, 0.5) is 4.79 Å². The average molecular weight is 445 g/mol. The Morgan fingerprint density at radius 1 is 1.29 bits per heavy atom. The minimum Gasteiger partial charge on any atom is -0.333 e. The molecule has 7 nitrogen and oxygen atoms in total.